The maximum Gasteiger partial charge on any atom is 0.216 e. The van der Waals surface area contributed by atoms with Crippen LogP contribution in [-0.4, -0.2) is 50.1 Å². The third-order valence-corrected chi connectivity index (χ3v) is 3.84. The SMILES string of the molecule is CCCNCC(C)CN1CCC(CNC(C)=O)CC1. The van der Waals surface area contributed by atoms with Crippen LogP contribution in [0.25, 0.3) is 0 Å². The molecule has 0 bridgehead atoms. The van der Waals surface area contributed by atoms with Gasteiger partial charge in [-0.3, -0.25) is 4.79 Å². The monoisotopic (exact) mass is 269 g/mol. The molecule has 112 valence electrons. The summed E-state index contributed by atoms with van der Waals surface area (Å²) in [5.74, 6) is 1.49. The normalized spacial score (nSPS) is 19.3. The fourth-order valence-electron chi connectivity index (χ4n) is 2.69. The largest absolute Gasteiger partial charge is 0.356 e. The van der Waals surface area contributed by atoms with Gasteiger partial charge in [0, 0.05) is 20.0 Å². The number of hydrogen-bond acceptors (Lipinski definition) is 3. The van der Waals surface area contributed by atoms with Crippen LogP contribution in [0.15, 0.2) is 0 Å². The van der Waals surface area contributed by atoms with Crippen molar-refractivity contribution in [2.75, 3.05) is 39.3 Å². The standard InChI is InChI=1S/C15H31N3O/c1-4-7-16-10-13(2)12-18-8-5-15(6-9-18)11-17-14(3)19/h13,15-16H,4-12H2,1-3H3,(H,17,19). The number of hydrogen-bond donors (Lipinski definition) is 2. The van der Waals surface area contributed by atoms with E-state index in [0.29, 0.717) is 5.92 Å². The second-order valence-electron chi connectivity index (χ2n) is 5.99. The first-order chi connectivity index (χ1) is 9.11. The highest BCUT2D eigenvalue weighted by molar-refractivity contribution is 5.72. The van der Waals surface area contributed by atoms with E-state index in [4.69, 9.17) is 0 Å². The molecule has 0 aromatic heterocycles. The van der Waals surface area contributed by atoms with Crippen LogP contribution in [-0.2, 0) is 4.79 Å². The molecular weight excluding hydrogens is 238 g/mol. The molecule has 1 fully saturated rings. The third kappa shape index (κ3) is 7.53. The molecule has 0 radical (unpaired) electrons. The predicted molar refractivity (Wildman–Crippen MR) is 80.2 cm³/mol. The Bertz CT molecular complexity index is 250. The van der Waals surface area contributed by atoms with Gasteiger partial charge in [-0.05, 0) is 57.3 Å². The molecule has 1 heterocycles. The van der Waals surface area contributed by atoms with Gasteiger partial charge in [0.1, 0.15) is 0 Å². The van der Waals surface area contributed by atoms with Crippen molar-refractivity contribution >= 4 is 5.91 Å². The number of rotatable bonds is 8. The number of nitrogens with zero attached hydrogens (tertiary/aromatic N) is 1. The van der Waals surface area contributed by atoms with E-state index < -0.39 is 0 Å². The lowest BCUT2D eigenvalue weighted by molar-refractivity contribution is -0.119. The molecule has 0 spiro atoms. The molecule has 1 rings (SSSR count). The topological polar surface area (TPSA) is 44.4 Å². The van der Waals surface area contributed by atoms with E-state index in [2.05, 4.69) is 29.4 Å². The molecule has 2 N–H and O–H groups in total. The van der Waals surface area contributed by atoms with E-state index in [1.165, 1.54) is 38.9 Å². The molecule has 0 saturated carbocycles. The van der Waals surface area contributed by atoms with Crippen LogP contribution in [0.2, 0.25) is 0 Å². The Balaban J connectivity index is 2.10. The average molecular weight is 269 g/mol. The summed E-state index contributed by atoms with van der Waals surface area (Å²) >= 11 is 0. The molecule has 4 heteroatoms. The molecule has 4 nitrogen and oxygen atoms in total. The Kier molecular flexibility index (Phi) is 8.07. The zero-order valence-corrected chi connectivity index (χ0v) is 12.9. The zero-order valence-electron chi connectivity index (χ0n) is 12.9. The number of carbonyl (C=O) groups excluding carboxylic acids is 1. The fourth-order valence-corrected chi connectivity index (χ4v) is 2.69. The predicted octanol–water partition coefficient (Wildman–Crippen LogP) is 1.47. The summed E-state index contributed by atoms with van der Waals surface area (Å²) in [5, 5.41) is 6.43. The van der Waals surface area contributed by atoms with Gasteiger partial charge in [-0.2, -0.15) is 0 Å². The average Bonchev–Trinajstić information content (AvgIpc) is 2.38. The summed E-state index contributed by atoms with van der Waals surface area (Å²) < 4.78 is 0. The van der Waals surface area contributed by atoms with E-state index in [1.807, 2.05) is 0 Å². The van der Waals surface area contributed by atoms with Gasteiger partial charge in [0.2, 0.25) is 5.91 Å². The van der Waals surface area contributed by atoms with Crippen LogP contribution in [0, 0.1) is 11.8 Å². The summed E-state index contributed by atoms with van der Waals surface area (Å²) in [7, 11) is 0. The van der Waals surface area contributed by atoms with Crippen LogP contribution in [0.4, 0.5) is 0 Å². The Labute approximate surface area is 118 Å². The van der Waals surface area contributed by atoms with Gasteiger partial charge in [-0.25, -0.2) is 0 Å². The van der Waals surface area contributed by atoms with Gasteiger partial charge in [-0.15, -0.1) is 0 Å². The lowest BCUT2D eigenvalue weighted by Crippen LogP contribution is -2.41. The van der Waals surface area contributed by atoms with Crippen LogP contribution in [0.3, 0.4) is 0 Å². The van der Waals surface area contributed by atoms with Gasteiger partial charge in [0.15, 0.2) is 0 Å². The van der Waals surface area contributed by atoms with E-state index in [1.54, 1.807) is 6.92 Å². The summed E-state index contributed by atoms with van der Waals surface area (Å²) in [5.41, 5.74) is 0. The Hall–Kier alpha value is -0.610. The van der Waals surface area contributed by atoms with Crippen molar-refractivity contribution in [3.8, 4) is 0 Å². The van der Waals surface area contributed by atoms with E-state index in [0.717, 1.165) is 25.6 Å². The molecule has 1 amide bonds. The quantitative estimate of drug-likeness (QED) is 0.656. The molecule has 1 unspecified atom stereocenters. The molecule has 19 heavy (non-hydrogen) atoms. The molecule has 1 aliphatic heterocycles. The smallest absolute Gasteiger partial charge is 0.216 e. The minimum absolute atomic E-state index is 0.0954. The molecule has 1 saturated heterocycles. The van der Waals surface area contributed by atoms with Crippen molar-refractivity contribution in [1.82, 2.24) is 15.5 Å². The number of nitrogens with one attached hydrogen (secondary N) is 2. The van der Waals surface area contributed by atoms with E-state index >= 15 is 0 Å². The molecule has 0 aromatic rings. The minimum atomic E-state index is 0.0954. The van der Waals surface area contributed by atoms with Crippen LogP contribution >= 0.6 is 0 Å². The molecule has 1 aliphatic rings. The second kappa shape index (κ2) is 9.32. The van der Waals surface area contributed by atoms with Crippen molar-refractivity contribution in [1.29, 1.82) is 0 Å². The minimum Gasteiger partial charge on any atom is -0.356 e. The Morgan fingerprint density at radius 2 is 2.05 bits per heavy atom. The van der Waals surface area contributed by atoms with E-state index in [9.17, 15) is 4.79 Å². The van der Waals surface area contributed by atoms with Gasteiger partial charge in [0.25, 0.3) is 0 Å². The second-order valence-corrected chi connectivity index (χ2v) is 5.99. The summed E-state index contributed by atoms with van der Waals surface area (Å²) in [6.45, 7) is 12.8. The zero-order chi connectivity index (χ0) is 14.1. The summed E-state index contributed by atoms with van der Waals surface area (Å²) in [6.07, 6.45) is 3.64. The Morgan fingerprint density at radius 1 is 1.37 bits per heavy atom. The van der Waals surface area contributed by atoms with Gasteiger partial charge < -0.3 is 15.5 Å². The van der Waals surface area contributed by atoms with Crippen molar-refractivity contribution < 1.29 is 4.79 Å². The third-order valence-electron chi connectivity index (χ3n) is 3.84. The first-order valence-electron chi connectivity index (χ1n) is 7.79. The highest BCUT2D eigenvalue weighted by Crippen LogP contribution is 2.17. The first-order valence-corrected chi connectivity index (χ1v) is 7.79. The summed E-state index contributed by atoms with van der Waals surface area (Å²) in [6, 6.07) is 0. The lowest BCUT2D eigenvalue weighted by atomic mass is 9.96. The fraction of sp³-hybridized carbons (Fsp3) is 0.933. The van der Waals surface area contributed by atoms with E-state index in [-0.39, 0.29) is 5.91 Å². The number of piperidine rings is 1. The lowest BCUT2D eigenvalue weighted by Gasteiger charge is -2.33. The van der Waals surface area contributed by atoms with Gasteiger partial charge in [-0.1, -0.05) is 13.8 Å². The maximum absolute atomic E-state index is 10.9. The highest BCUT2D eigenvalue weighted by Gasteiger charge is 2.20. The van der Waals surface area contributed by atoms with Crippen molar-refractivity contribution in [3.63, 3.8) is 0 Å². The van der Waals surface area contributed by atoms with Crippen molar-refractivity contribution in [2.24, 2.45) is 11.8 Å². The molecule has 1 atom stereocenters. The maximum atomic E-state index is 10.9. The van der Waals surface area contributed by atoms with Gasteiger partial charge >= 0.3 is 0 Å². The number of carbonyl (C=O) groups is 1. The van der Waals surface area contributed by atoms with Gasteiger partial charge in [0.05, 0.1) is 0 Å². The van der Waals surface area contributed by atoms with Crippen LogP contribution < -0.4 is 10.6 Å². The van der Waals surface area contributed by atoms with Crippen LogP contribution in [0.5, 0.6) is 0 Å². The molecule has 0 aliphatic carbocycles. The van der Waals surface area contributed by atoms with Crippen LogP contribution in [0.1, 0.15) is 40.0 Å². The van der Waals surface area contributed by atoms with Crippen molar-refractivity contribution in [3.05, 3.63) is 0 Å². The first kappa shape index (κ1) is 16.4. The highest BCUT2D eigenvalue weighted by atomic mass is 16.1. The Morgan fingerprint density at radius 3 is 2.63 bits per heavy atom. The van der Waals surface area contributed by atoms with Crippen molar-refractivity contribution in [2.45, 2.75) is 40.0 Å². The molecular formula is C15H31N3O. The molecule has 0 aromatic carbocycles. The number of amides is 1. The summed E-state index contributed by atoms with van der Waals surface area (Å²) in [4.78, 5) is 13.5. The number of likely N-dealkylation sites (tertiary alicyclic amines) is 1.